The number of hydrogen-bond acceptors (Lipinski definition) is 3. The molecule has 0 aromatic heterocycles. The fourth-order valence-corrected chi connectivity index (χ4v) is 4.31. The van der Waals surface area contributed by atoms with Crippen molar-refractivity contribution in [1.82, 2.24) is 0 Å². The smallest absolute Gasteiger partial charge is 0.184 e. The Hall–Kier alpha value is -1.16. The highest BCUT2D eigenvalue weighted by atomic mass is 79.9. The Balaban J connectivity index is 2.23. The van der Waals surface area contributed by atoms with Crippen LogP contribution >= 0.6 is 15.9 Å². The van der Waals surface area contributed by atoms with Crippen LogP contribution in [0.4, 0.5) is 0 Å². The Kier molecular flexibility index (Phi) is 3.92. The van der Waals surface area contributed by atoms with E-state index in [1.807, 2.05) is 6.92 Å². The lowest BCUT2D eigenvalue weighted by Gasteiger charge is -2.45. The van der Waals surface area contributed by atoms with Gasteiger partial charge in [-0.2, -0.15) is 0 Å². The van der Waals surface area contributed by atoms with Gasteiger partial charge in [-0.3, -0.25) is 4.99 Å². The normalized spacial score (nSPS) is 27.5. The van der Waals surface area contributed by atoms with Crippen molar-refractivity contribution in [2.75, 3.05) is 0 Å². The molecule has 3 nitrogen and oxygen atoms in total. The van der Waals surface area contributed by atoms with Gasteiger partial charge in [-0.05, 0) is 44.4 Å². The lowest BCUT2D eigenvalue weighted by atomic mass is 9.64. The van der Waals surface area contributed by atoms with Crippen LogP contribution in [0.15, 0.2) is 32.7 Å². The van der Waals surface area contributed by atoms with E-state index < -0.39 is 5.66 Å². The van der Waals surface area contributed by atoms with E-state index in [4.69, 9.17) is 15.7 Å². The molecule has 1 aromatic rings. The molecule has 22 heavy (non-hydrogen) atoms. The standard InChI is InChI=1S/C18H24BrN3/c1-12-7-8-14(19)11-15(12)18(21-13(2)16(20)22-18)17(3)9-5-4-6-10-17/h7-8,11H,4-6,9-10H2,1-3H3,(H2,20,22). The highest BCUT2D eigenvalue weighted by Gasteiger charge is 2.52. The average Bonchev–Trinajstić information content (AvgIpc) is 2.79. The quantitative estimate of drug-likeness (QED) is 0.814. The maximum Gasteiger partial charge on any atom is 0.184 e. The SMILES string of the molecule is CC1=NC(c2cc(Br)ccc2C)(C2(C)CCCCC2)N=C1N. The van der Waals surface area contributed by atoms with Gasteiger partial charge in [0.25, 0.3) is 0 Å². The molecule has 118 valence electrons. The molecule has 2 aliphatic rings. The second-order valence-corrected chi connectivity index (χ2v) is 7.86. The molecular weight excluding hydrogens is 338 g/mol. The number of amidine groups is 1. The molecule has 1 aromatic carbocycles. The van der Waals surface area contributed by atoms with Gasteiger partial charge >= 0.3 is 0 Å². The molecule has 1 fully saturated rings. The van der Waals surface area contributed by atoms with Crippen molar-refractivity contribution in [2.45, 2.75) is 58.5 Å². The fraction of sp³-hybridized carbons (Fsp3) is 0.556. The molecule has 1 unspecified atom stereocenters. The number of aryl methyl sites for hydroxylation is 1. The Bertz CT molecular complexity index is 636. The number of hydrogen-bond donors (Lipinski definition) is 1. The van der Waals surface area contributed by atoms with Crippen molar-refractivity contribution in [1.29, 1.82) is 0 Å². The van der Waals surface area contributed by atoms with Gasteiger partial charge in [-0.15, -0.1) is 0 Å². The zero-order valence-corrected chi connectivity index (χ0v) is 15.2. The summed E-state index contributed by atoms with van der Waals surface area (Å²) in [5, 5.41) is 0. The molecule has 1 saturated carbocycles. The van der Waals surface area contributed by atoms with Gasteiger partial charge in [0.15, 0.2) is 5.66 Å². The number of aliphatic imine (C=N–C) groups is 2. The van der Waals surface area contributed by atoms with Crippen molar-refractivity contribution >= 4 is 27.5 Å². The Morgan fingerprint density at radius 2 is 1.77 bits per heavy atom. The van der Waals surface area contributed by atoms with E-state index in [0.717, 1.165) is 23.0 Å². The third-order valence-electron chi connectivity index (χ3n) is 5.36. The summed E-state index contributed by atoms with van der Waals surface area (Å²) in [5.41, 5.74) is 8.90. The van der Waals surface area contributed by atoms with Gasteiger partial charge in [-0.1, -0.05) is 48.2 Å². The van der Waals surface area contributed by atoms with E-state index >= 15 is 0 Å². The molecule has 4 heteroatoms. The molecule has 1 aliphatic heterocycles. The third kappa shape index (κ3) is 2.32. The van der Waals surface area contributed by atoms with Gasteiger partial charge < -0.3 is 5.73 Å². The summed E-state index contributed by atoms with van der Waals surface area (Å²) in [4.78, 5) is 9.97. The van der Waals surface area contributed by atoms with E-state index in [1.165, 1.54) is 30.4 Å². The van der Waals surface area contributed by atoms with Crippen LogP contribution in [0.3, 0.4) is 0 Å². The summed E-state index contributed by atoms with van der Waals surface area (Å²) >= 11 is 3.61. The summed E-state index contributed by atoms with van der Waals surface area (Å²) in [6, 6.07) is 6.39. The van der Waals surface area contributed by atoms with Crippen LogP contribution in [-0.4, -0.2) is 11.5 Å². The van der Waals surface area contributed by atoms with E-state index in [-0.39, 0.29) is 5.41 Å². The van der Waals surface area contributed by atoms with Crippen LogP contribution in [0.2, 0.25) is 0 Å². The Morgan fingerprint density at radius 3 is 2.36 bits per heavy atom. The Morgan fingerprint density at radius 1 is 1.09 bits per heavy atom. The number of benzene rings is 1. The first kappa shape index (κ1) is 15.7. The van der Waals surface area contributed by atoms with Crippen molar-refractivity contribution in [3.05, 3.63) is 33.8 Å². The van der Waals surface area contributed by atoms with E-state index in [2.05, 4.69) is 48.0 Å². The maximum absolute atomic E-state index is 6.15. The molecule has 0 radical (unpaired) electrons. The fourth-order valence-electron chi connectivity index (χ4n) is 3.95. The summed E-state index contributed by atoms with van der Waals surface area (Å²) < 4.78 is 1.07. The van der Waals surface area contributed by atoms with Crippen molar-refractivity contribution in [3.63, 3.8) is 0 Å². The lowest BCUT2D eigenvalue weighted by Crippen LogP contribution is -2.42. The van der Waals surface area contributed by atoms with E-state index in [9.17, 15) is 0 Å². The molecule has 3 rings (SSSR count). The topological polar surface area (TPSA) is 50.7 Å². The molecule has 1 heterocycles. The van der Waals surface area contributed by atoms with Crippen LogP contribution in [0.25, 0.3) is 0 Å². The van der Waals surface area contributed by atoms with Gasteiger partial charge in [0.2, 0.25) is 0 Å². The summed E-state index contributed by atoms with van der Waals surface area (Å²) in [6.07, 6.45) is 6.09. The van der Waals surface area contributed by atoms with Crippen molar-refractivity contribution < 1.29 is 0 Å². The molecule has 0 bridgehead atoms. The number of nitrogens with two attached hydrogens (primary N) is 1. The predicted molar refractivity (Wildman–Crippen MR) is 96.5 cm³/mol. The summed E-state index contributed by atoms with van der Waals surface area (Å²) in [6.45, 7) is 6.45. The van der Waals surface area contributed by atoms with Crippen LogP contribution in [0.1, 0.15) is 57.1 Å². The Labute approximate surface area is 141 Å². The first-order chi connectivity index (χ1) is 10.4. The zero-order valence-electron chi connectivity index (χ0n) is 13.6. The first-order valence-electron chi connectivity index (χ1n) is 8.07. The zero-order chi connectivity index (χ0) is 16.0. The van der Waals surface area contributed by atoms with Crippen molar-refractivity contribution in [2.24, 2.45) is 21.1 Å². The van der Waals surface area contributed by atoms with E-state index in [1.54, 1.807) is 0 Å². The van der Waals surface area contributed by atoms with Gasteiger partial charge in [0.05, 0.1) is 5.71 Å². The second-order valence-electron chi connectivity index (χ2n) is 6.95. The minimum Gasteiger partial charge on any atom is -0.382 e. The average molecular weight is 362 g/mol. The molecule has 2 N–H and O–H groups in total. The minimum atomic E-state index is -0.560. The first-order valence-corrected chi connectivity index (χ1v) is 8.86. The molecule has 0 spiro atoms. The maximum atomic E-state index is 6.15. The van der Waals surface area contributed by atoms with E-state index in [0.29, 0.717) is 5.84 Å². The summed E-state index contributed by atoms with van der Waals surface area (Å²) in [7, 11) is 0. The van der Waals surface area contributed by atoms with Gasteiger partial charge in [0, 0.05) is 15.5 Å². The predicted octanol–water partition coefficient (Wildman–Crippen LogP) is 4.71. The van der Waals surface area contributed by atoms with Crippen molar-refractivity contribution in [3.8, 4) is 0 Å². The van der Waals surface area contributed by atoms with Gasteiger partial charge in [0.1, 0.15) is 5.84 Å². The number of rotatable bonds is 2. The minimum absolute atomic E-state index is 0.0270. The second kappa shape index (κ2) is 5.48. The largest absolute Gasteiger partial charge is 0.382 e. The highest BCUT2D eigenvalue weighted by molar-refractivity contribution is 9.10. The molecular formula is C18H24BrN3. The number of nitrogens with zero attached hydrogens (tertiary/aromatic N) is 2. The monoisotopic (exact) mass is 361 g/mol. The van der Waals surface area contributed by atoms with Crippen LogP contribution in [-0.2, 0) is 5.66 Å². The van der Waals surface area contributed by atoms with Gasteiger partial charge in [-0.25, -0.2) is 4.99 Å². The molecule has 1 aliphatic carbocycles. The number of halogens is 1. The third-order valence-corrected chi connectivity index (χ3v) is 5.85. The van der Waals surface area contributed by atoms with Crippen LogP contribution in [0, 0.1) is 12.3 Å². The lowest BCUT2D eigenvalue weighted by molar-refractivity contribution is 0.0949. The van der Waals surface area contributed by atoms with Crippen LogP contribution in [0.5, 0.6) is 0 Å². The highest BCUT2D eigenvalue weighted by Crippen LogP contribution is 2.55. The van der Waals surface area contributed by atoms with Crippen LogP contribution < -0.4 is 5.73 Å². The molecule has 0 amide bonds. The molecule has 0 saturated heterocycles. The molecule has 1 atom stereocenters. The summed E-state index contributed by atoms with van der Waals surface area (Å²) in [5.74, 6) is 0.589.